The fourth-order valence-corrected chi connectivity index (χ4v) is 4.29. The zero-order valence-corrected chi connectivity index (χ0v) is 14.1. The second-order valence-electron chi connectivity index (χ2n) is 5.41. The molecule has 2 rings (SSSR count). The van der Waals surface area contributed by atoms with E-state index in [-0.39, 0.29) is 4.90 Å². The lowest BCUT2D eigenvalue weighted by molar-refractivity contribution is 0.394. The molecule has 0 spiro atoms. The normalized spacial score (nSPS) is 20.4. The summed E-state index contributed by atoms with van der Waals surface area (Å²) in [5, 5.41) is 0. The van der Waals surface area contributed by atoms with Crippen LogP contribution in [0.3, 0.4) is 0 Å². The van der Waals surface area contributed by atoms with E-state index in [1.165, 1.54) is 6.07 Å². The first-order valence-electron chi connectivity index (χ1n) is 6.53. The van der Waals surface area contributed by atoms with E-state index in [2.05, 4.69) is 25.6 Å². The van der Waals surface area contributed by atoms with Gasteiger partial charge in [0.2, 0.25) is 10.0 Å². The fraction of sp³-hybridized carbons (Fsp3) is 0.538. The van der Waals surface area contributed by atoms with Crippen molar-refractivity contribution in [2.24, 2.45) is 5.92 Å². The predicted octanol–water partition coefficient (Wildman–Crippen LogP) is 1.57. The third kappa shape index (κ3) is 3.52. The highest BCUT2D eigenvalue weighted by atomic mass is 79.9. The minimum absolute atomic E-state index is 0.254. The van der Waals surface area contributed by atoms with Crippen molar-refractivity contribution in [3.05, 3.63) is 22.2 Å². The van der Waals surface area contributed by atoms with E-state index in [0.29, 0.717) is 28.2 Å². The molecule has 1 saturated heterocycles. The summed E-state index contributed by atoms with van der Waals surface area (Å²) in [6.07, 6.45) is 1.03. The van der Waals surface area contributed by atoms with Gasteiger partial charge in [-0.2, -0.15) is 0 Å². The Hall–Kier alpha value is -0.630. The van der Waals surface area contributed by atoms with Crippen LogP contribution >= 0.6 is 15.9 Å². The van der Waals surface area contributed by atoms with Gasteiger partial charge >= 0.3 is 0 Å². The Labute approximate surface area is 128 Å². The predicted molar refractivity (Wildman–Crippen MR) is 84.1 cm³/mol. The van der Waals surface area contributed by atoms with Gasteiger partial charge < -0.3 is 10.6 Å². The lowest BCUT2D eigenvalue weighted by Crippen LogP contribution is -2.31. The highest BCUT2D eigenvalue weighted by Crippen LogP contribution is 2.26. The number of nitrogens with two attached hydrogens (primary N) is 1. The molecule has 0 radical (unpaired) electrons. The van der Waals surface area contributed by atoms with Crippen LogP contribution in [0.15, 0.2) is 21.5 Å². The summed E-state index contributed by atoms with van der Waals surface area (Å²) in [6, 6.07) is 3.23. The maximum Gasteiger partial charge on any atom is 0.240 e. The summed E-state index contributed by atoms with van der Waals surface area (Å²) in [7, 11) is -1.45. The van der Waals surface area contributed by atoms with Crippen molar-refractivity contribution in [2.75, 3.05) is 32.4 Å². The Morgan fingerprint density at radius 3 is 2.80 bits per heavy atom. The van der Waals surface area contributed by atoms with Gasteiger partial charge in [-0.1, -0.05) is 0 Å². The van der Waals surface area contributed by atoms with E-state index in [1.54, 1.807) is 13.0 Å². The molecule has 0 aromatic heterocycles. The zero-order chi connectivity index (χ0) is 14.9. The first kappa shape index (κ1) is 15.8. The molecular weight excluding hydrogens is 342 g/mol. The van der Waals surface area contributed by atoms with Gasteiger partial charge in [-0.05, 0) is 66.5 Å². The summed E-state index contributed by atoms with van der Waals surface area (Å²) in [6.45, 7) is 4.20. The topological polar surface area (TPSA) is 75.4 Å². The number of hydrogen-bond acceptors (Lipinski definition) is 4. The Kier molecular flexibility index (Phi) is 4.73. The molecule has 1 aliphatic rings. The maximum atomic E-state index is 12.4. The Balaban J connectivity index is 2.12. The number of nitrogens with zero attached hydrogens (tertiary/aromatic N) is 1. The largest absolute Gasteiger partial charge is 0.398 e. The van der Waals surface area contributed by atoms with E-state index < -0.39 is 10.0 Å². The molecule has 7 heteroatoms. The third-order valence-corrected chi connectivity index (χ3v) is 5.89. The average molecular weight is 362 g/mol. The Bertz CT molecular complexity index is 604. The van der Waals surface area contributed by atoms with E-state index in [1.807, 2.05) is 7.05 Å². The van der Waals surface area contributed by atoms with Crippen molar-refractivity contribution in [3.8, 4) is 0 Å². The summed E-state index contributed by atoms with van der Waals surface area (Å²) >= 11 is 3.30. The molecule has 1 heterocycles. The van der Waals surface area contributed by atoms with Crippen LogP contribution in [-0.2, 0) is 10.0 Å². The molecule has 112 valence electrons. The molecule has 0 bridgehead atoms. The van der Waals surface area contributed by atoms with Crippen LogP contribution < -0.4 is 10.5 Å². The van der Waals surface area contributed by atoms with Crippen LogP contribution in [0.25, 0.3) is 0 Å². The van der Waals surface area contributed by atoms with Gasteiger partial charge in [0.15, 0.2) is 0 Å². The van der Waals surface area contributed by atoms with Crippen molar-refractivity contribution >= 4 is 31.6 Å². The third-order valence-electron chi connectivity index (χ3n) is 3.63. The molecular formula is C13H20BrN3O2S. The lowest BCUT2D eigenvalue weighted by atomic mass is 10.1. The van der Waals surface area contributed by atoms with E-state index in [9.17, 15) is 8.42 Å². The van der Waals surface area contributed by atoms with Crippen LogP contribution in [0.2, 0.25) is 0 Å². The average Bonchev–Trinajstić information content (AvgIpc) is 2.77. The molecule has 0 saturated carbocycles. The number of sulfonamides is 1. The first-order valence-corrected chi connectivity index (χ1v) is 8.81. The number of rotatable bonds is 4. The van der Waals surface area contributed by atoms with Crippen LogP contribution in [0.4, 0.5) is 5.69 Å². The molecule has 5 nitrogen and oxygen atoms in total. The highest BCUT2D eigenvalue weighted by molar-refractivity contribution is 9.10. The van der Waals surface area contributed by atoms with Crippen molar-refractivity contribution in [1.29, 1.82) is 0 Å². The number of anilines is 1. The first-order chi connectivity index (χ1) is 9.29. The van der Waals surface area contributed by atoms with Gasteiger partial charge in [0, 0.05) is 23.2 Å². The fourth-order valence-electron chi connectivity index (χ4n) is 2.46. The zero-order valence-electron chi connectivity index (χ0n) is 11.7. The number of hydrogen-bond donors (Lipinski definition) is 2. The van der Waals surface area contributed by atoms with E-state index in [4.69, 9.17) is 5.73 Å². The summed E-state index contributed by atoms with van der Waals surface area (Å²) in [5.74, 6) is 0.378. The van der Waals surface area contributed by atoms with Gasteiger partial charge in [0.1, 0.15) is 0 Å². The van der Waals surface area contributed by atoms with Crippen molar-refractivity contribution in [2.45, 2.75) is 18.2 Å². The molecule has 20 heavy (non-hydrogen) atoms. The van der Waals surface area contributed by atoms with Gasteiger partial charge in [-0.3, -0.25) is 0 Å². The van der Waals surface area contributed by atoms with Crippen molar-refractivity contribution in [3.63, 3.8) is 0 Å². The van der Waals surface area contributed by atoms with Crippen molar-refractivity contribution in [1.82, 2.24) is 9.62 Å². The smallest absolute Gasteiger partial charge is 0.240 e. The summed E-state index contributed by atoms with van der Waals surface area (Å²) in [4.78, 5) is 2.46. The second kappa shape index (κ2) is 6.01. The monoisotopic (exact) mass is 361 g/mol. The number of nitrogens with one attached hydrogen (secondary N) is 1. The molecule has 1 aliphatic heterocycles. The Morgan fingerprint density at radius 2 is 2.20 bits per heavy atom. The van der Waals surface area contributed by atoms with Crippen LogP contribution in [-0.4, -0.2) is 40.0 Å². The molecule has 0 amide bonds. The summed E-state index contributed by atoms with van der Waals surface area (Å²) < 4.78 is 28.1. The van der Waals surface area contributed by atoms with Gasteiger partial charge in [-0.25, -0.2) is 13.1 Å². The number of nitrogen functional groups attached to an aromatic ring is 1. The number of aryl methyl sites for hydroxylation is 1. The molecule has 1 aromatic carbocycles. The van der Waals surface area contributed by atoms with Gasteiger partial charge in [0.05, 0.1) is 4.90 Å². The van der Waals surface area contributed by atoms with E-state index in [0.717, 1.165) is 19.5 Å². The van der Waals surface area contributed by atoms with Crippen LogP contribution in [0.5, 0.6) is 0 Å². The minimum atomic E-state index is -3.50. The van der Waals surface area contributed by atoms with Gasteiger partial charge in [-0.15, -0.1) is 0 Å². The van der Waals surface area contributed by atoms with Crippen molar-refractivity contribution < 1.29 is 8.42 Å². The second-order valence-corrected chi connectivity index (χ2v) is 8.00. The molecule has 1 fully saturated rings. The minimum Gasteiger partial charge on any atom is -0.398 e. The molecule has 3 N–H and O–H groups in total. The SMILES string of the molecule is Cc1cc(Br)c(N)cc1S(=O)(=O)NCC1CCN(C)C1. The number of benzene rings is 1. The lowest BCUT2D eigenvalue weighted by Gasteiger charge is -2.14. The molecule has 1 atom stereocenters. The number of likely N-dealkylation sites (tertiary alicyclic amines) is 1. The van der Waals surface area contributed by atoms with Crippen LogP contribution in [0, 0.1) is 12.8 Å². The summed E-state index contributed by atoms with van der Waals surface area (Å²) in [5.41, 5.74) is 6.89. The standard InChI is InChI=1S/C13H20BrN3O2S/c1-9-5-11(14)12(15)6-13(9)20(18,19)16-7-10-3-4-17(2)8-10/h5-6,10,16H,3-4,7-8,15H2,1-2H3. The maximum absolute atomic E-state index is 12.4. The Morgan fingerprint density at radius 1 is 1.50 bits per heavy atom. The van der Waals surface area contributed by atoms with E-state index >= 15 is 0 Å². The molecule has 1 aromatic rings. The van der Waals surface area contributed by atoms with Gasteiger partial charge in [0.25, 0.3) is 0 Å². The molecule has 1 unspecified atom stereocenters. The highest BCUT2D eigenvalue weighted by Gasteiger charge is 2.23. The van der Waals surface area contributed by atoms with Crippen LogP contribution in [0.1, 0.15) is 12.0 Å². The number of halogens is 1. The molecule has 0 aliphatic carbocycles. The quantitative estimate of drug-likeness (QED) is 0.798.